The number of guanidine groups is 1. The van der Waals surface area contributed by atoms with E-state index in [2.05, 4.69) is 67.0 Å². The molecule has 3 aromatic rings. The van der Waals surface area contributed by atoms with Crippen LogP contribution >= 0.6 is 35.3 Å². The molecule has 0 radical (unpaired) electrons. The van der Waals surface area contributed by atoms with Crippen LogP contribution in [0.2, 0.25) is 0 Å². The summed E-state index contributed by atoms with van der Waals surface area (Å²) in [5.74, 6) is 0.811. The highest BCUT2D eigenvalue weighted by Gasteiger charge is 2.00. The van der Waals surface area contributed by atoms with Crippen LogP contribution in [0.15, 0.2) is 65.5 Å². The second-order valence-electron chi connectivity index (χ2n) is 5.41. The molecular formula is C18H22IN5S. The number of nitrogens with one attached hydrogen (secondary N) is 2. The summed E-state index contributed by atoms with van der Waals surface area (Å²) in [5.41, 5.74) is 2.49. The molecule has 0 fully saturated rings. The Balaban J connectivity index is 0.00000225. The minimum absolute atomic E-state index is 0. The van der Waals surface area contributed by atoms with E-state index >= 15 is 0 Å². The van der Waals surface area contributed by atoms with Gasteiger partial charge in [0.05, 0.1) is 12.9 Å². The fourth-order valence-corrected chi connectivity index (χ4v) is 2.99. The van der Waals surface area contributed by atoms with Gasteiger partial charge >= 0.3 is 0 Å². The molecule has 25 heavy (non-hydrogen) atoms. The number of rotatable bonds is 6. The van der Waals surface area contributed by atoms with Gasteiger partial charge in [-0.2, -0.15) is 0 Å². The first-order chi connectivity index (χ1) is 11.8. The molecule has 0 spiro atoms. The summed E-state index contributed by atoms with van der Waals surface area (Å²) < 4.78 is 2.06. The van der Waals surface area contributed by atoms with Gasteiger partial charge in [0.1, 0.15) is 0 Å². The molecule has 2 heterocycles. The van der Waals surface area contributed by atoms with Crippen LogP contribution in [0.1, 0.15) is 16.0 Å². The van der Waals surface area contributed by atoms with Gasteiger partial charge in [0.25, 0.3) is 0 Å². The predicted molar refractivity (Wildman–Crippen MR) is 115 cm³/mol. The molecule has 5 nitrogen and oxygen atoms in total. The number of nitrogens with zero attached hydrogens (tertiary/aromatic N) is 3. The van der Waals surface area contributed by atoms with Gasteiger partial charge < -0.3 is 15.2 Å². The molecule has 0 aliphatic rings. The lowest BCUT2D eigenvalue weighted by atomic mass is 10.1. The van der Waals surface area contributed by atoms with Gasteiger partial charge in [0.15, 0.2) is 5.96 Å². The van der Waals surface area contributed by atoms with E-state index in [-0.39, 0.29) is 24.0 Å². The maximum Gasteiger partial charge on any atom is 0.191 e. The number of halogens is 1. The summed E-state index contributed by atoms with van der Waals surface area (Å²) in [5, 5.41) is 8.75. The lowest BCUT2D eigenvalue weighted by Gasteiger charge is -2.11. The van der Waals surface area contributed by atoms with E-state index in [9.17, 15) is 0 Å². The first kappa shape index (κ1) is 19.5. The summed E-state index contributed by atoms with van der Waals surface area (Å²) in [4.78, 5) is 9.62. The van der Waals surface area contributed by atoms with Crippen molar-refractivity contribution in [2.75, 3.05) is 7.05 Å². The largest absolute Gasteiger partial charge is 0.352 e. The first-order valence-corrected chi connectivity index (χ1v) is 8.72. The summed E-state index contributed by atoms with van der Waals surface area (Å²) >= 11 is 1.74. The quantitative estimate of drug-likeness (QED) is 0.332. The number of hydrogen-bond donors (Lipinski definition) is 2. The summed E-state index contributed by atoms with van der Waals surface area (Å²) in [7, 11) is 1.79. The van der Waals surface area contributed by atoms with Crippen LogP contribution in [0.3, 0.4) is 0 Å². The van der Waals surface area contributed by atoms with Gasteiger partial charge in [-0.3, -0.25) is 4.99 Å². The first-order valence-electron chi connectivity index (χ1n) is 7.84. The molecule has 0 saturated heterocycles. The van der Waals surface area contributed by atoms with Crippen LogP contribution in [0.5, 0.6) is 0 Å². The Hall–Kier alpha value is -1.87. The number of imidazole rings is 1. The molecule has 0 aliphatic carbocycles. The van der Waals surface area contributed by atoms with E-state index in [0.717, 1.165) is 25.6 Å². The molecule has 0 atom stereocenters. The lowest BCUT2D eigenvalue weighted by molar-refractivity contribution is 0.793. The smallest absolute Gasteiger partial charge is 0.191 e. The maximum absolute atomic E-state index is 4.26. The number of benzene rings is 1. The molecule has 2 aromatic heterocycles. The highest BCUT2D eigenvalue weighted by atomic mass is 127. The van der Waals surface area contributed by atoms with Gasteiger partial charge in [-0.15, -0.1) is 35.3 Å². The van der Waals surface area contributed by atoms with Crippen LogP contribution in [-0.2, 0) is 19.6 Å². The number of thiophene rings is 1. The Morgan fingerprint density at radius 1 is 1.12 bits per heavy atom. The monoisotopic (exact) mass is 467 g/mol. The summed E-state index contributed by atoms with van der Waals surface area (Å²) in [6, 6.07) is 12.8. The minimum Gasteiger partial charge on any atom is -0.352 e. The van der Waals surface area contributed by atoms with Gasteiger partial charge in [0.2, 0.25) is 0 Å². The molecule has 0 unspecified atom stereocenters. The number of aliphatic imine (C=N–C) groups is 1. The maximum atomic E-state index is 4.26. The highest BCUT2D eigenvalue weighted by Crippen LogP contribution is 2.08. The number of hydrogen-bond acceptors (Lipinski definition) is 3. The van der Waals surface area contributed by atoms with Gasteiger partial charge in [-0.25, -0.2) is 4.98 Å². The number of aromatic nitrogens is 2. The van der Waals surface area contributed by atoms with Crippen molar-refractivity contribution in [1.82, 2.24) is 20.2 Å². The molecule has 0 aliphatic heterocycles. The van der Waals surface area contributed by atoms with Crippen LogP contribution in [0.25, 0.3) is 0 Å². The van der Waals surface area contributed by atoms with Crippen LogP contribution in [0.4, 0.5) is 0 Å². The van der Waals surface area contributed by atoms with E-state index in [1.54, 1.807) is 24.6 Å². The fourth-order valence-electron chi connectivity index (χ4n) is 2.34. The van der Waals surface area contributed by atoms with Gasteiger partial charge in [0, 0.05) is 37.4 Å². The second-order valence-corrected chi connectivity index (χ2v) is 6.44. The van der Waals surface area contributed by atoms with Crippen molar-refractivity contribution in [1.29, 1.82) is 0 Å². The molecule has 3 rings (SSSR count). The Labute approximate surface area is 169 Å². The molecule has 2 N–H and O–H groups in total. The molecule has 7 heteroatoms. The Morgan fingerprint density at radius 3 is 2.52 bits per heavy atom. The zero-order chi connectivity index (χ0) is 16.6. The third-order valence-electron chi connectivity index (χ3n) is 3.64. The standard InChI is InChI=1S/C18H21N5S.HI/c1-19-18(22-12-17-3-2-10-24-17)21-11-15-4-6-16(7-5-15)13-23-9-8-20-14-23;/h2-10,14H,11-13H2,1H3,(H2,19,21,22);1H. The van der Waals surface area contributed by atoms with Crippen molar-refractivity contribution in [3.8, 4) is 0 Å². The third kappa shape index (κ3) is 6.17. The zero-order valence-electron chi connectivity index (χ0n) is 14.1. The van der Waals surface area contributed by atoms with E-state index in [4.69, 9.17) is 0 Å². The molecule has 0 saturated carbocycles. The molecule has 0 amide bonds. The normalized spacial score (nSPS) is 11.0. The van der Waals surface area contributed by atoms with Crippen molar-refractivity contribution >= 4 is 41.3 Å². The van der Waals surface area contributed by atoms with Gasteiger partial charge in [-0.1, -0.05) is 30.3 Å². The highest BCUT2D eigenvalue weighted by molar-refractivity contribution is 14.0. The van der Waals surface area contributed by atoms with Crippen molar-refractivity contribution in [3.63, 3.8) is 0 Å². The zero-order valence-corrected chi connectivity index (χ0v) is 17.2. The SMILES string of the molecule is CN=C(NCc1ccc(Cn2ccnc2)cc1)NCc1cccs1.I. The summed E-state index contributed by atoms with van der Waals surface area (Å²) in [6.45, 7) is 2.38. The average molecular weight is 467 g/mol. The predicted octanol–water partition coefficient (Wildman–Crippen LogP) is 3.48. The molecular weight excluding hydrogens is 445 g/mol. The Bertz CT molecular complexity index is 751. The topological polar surface area (TPSA) is 54.2 Å². The molecule has 0 bridgehead atoms. The summed E-state index contributed by atoms with van der Waals surface area (Å²) in [6.07, 6.45) is 5.60. The third-order valence-corrected chi connectivity index (χ3v) is 4.52. The second kappa shape index (κ2) is 10.2. The fraction of sp³-hybridized carbons (Fsp3) is 0.222. The van der Waals surface area contributed by atoms with Crippen LogP contribution < -0.4 is 10.6 Å². The average Bonchev–Trinajstić information content (AvgIpc) is 3.30. The van der Waals surface area contributed by atoms with Crippen molar-refractivity contribution in [2.45, 2.75) is 19.6 Å². The lowest BCUT2D eigenvalue weighted by Crippen LogP contribution is -2.36. The molecule has 132 valence electrons. The van der Waals surface area contributed by atoms with E-state index in [1.807, 2.05) is 12.5 Å². The van der Waals surface area contributed by atoms with E-state index < -0.39 is 0 Å². The Morgan fingerprint density at radius 2 is 1.88 bits per heavy atom. The van der Waals surface area contributed by atoms with Crippen molar-refractivity contribution in [3.05, 3.63) is 76.5 Å². The Kier molecular flexibility index (Phi) is 7.93. The van der Waals surface area contributed by atoms with Crippen molar-refractivity contribution < 1.29 is 0 Å². The molecule has 1 aromatic carbocycles. The minimum atomic E-state index is 0. The van der Waals surface area contributed by atoms with Crippen molar-refractivity contribution in [2.24, 2.45) is 4.99 Å². The van der Waals surface area contributed by atoms with E-state index in [0.29, 0.717) is 0 Å². The van der Waals surface area contributed by atoms with Crippen LogP contribution in [0, 0.1) is 0 Å². The van der Waals surface area contributed by atoms with Crippen LogP contribution in [-0.4, -0.2) is 22.6 Å². The van der Waals surface area contributed by atoms with Gasteiger partial charge in [-0.05, 0) is 22.6 Å². The van der Waals surface area contributed by atoms with E-state index in [1.165, 1.54) is 16.0 Å².